The van der Waals surface area contributed by atoms with Gasteiger partial charge in [-0.1, -0.05) is 13.8 Å². The van der Waals surface area contributed by atoms with Crippen molar-refractivity contribution in [3.05, 3.63) is 0 Å². The van der Waals surface area contributed by atoms with Gasteiger partial charge < -0.3 is 10.6 Å². The standard InChI is InChI=1S/C14H26N2O/c1-10(2)15-9-3-4-13(17)16-14(11-5-6-11)12-7-8-12/h10-12,14-15H,3-9H2,1-2H3,(H,16,17). The number of carbonyl (C=O) groups is 1. The molecule has 98 valence electrons. The summed E-state index contributed by atoms with van der Waals surface area (Å²) in [6, 6.07) is 1.03. The highest BCUT2D eigenvalue weighted by atomic mass is 16.1. The zero-order valence-electron chi connectivity index (χ0n) is 11.2. The lowest BCUT2D eigenvalue weighted by molar-refractivity contribution is -0.122. The number of hydrogen-bond donors (Lipinski definition) is 2. The molecule has 2 N–H and O–H groups in total. The summed E-state index contributed by atoms with van der Waals surface area (Å²) in [5.74, 6) is 1.87. The third-order valence-corrected chi connectivity index (χ3v) is 3.72. The maximum atomic E-state index is 11.8. The molecule has 0 aromatic rings. The molecular weight excluding hydrogens is 212 g/mol. The van der Waals surface area contributed by atoms with Crippen LogP contribution in [0.2, 0.25) is 0 Å². The lowest BCUT2D eigenvalue weighted by Gasteiger charge is -2.17. The fourth-order valence-electron chi connectivity index (χ4n) is 2.43. The first-order valence-electron chi connectivity index (χ1n) is 7.19. The minimum Gasteiger partial charge on any atom is -0.353 e. The van der Waals surface area contributed by atoms with Crippen molar-refractivity contribution in [1.82, 2.24) is 10.6 Å². The van der Waals surface area contributed by atoms with E-state index in [0.29, 0.717) is 18.5 Å². The molecule has 0 heterocycles. The molecule has 0 aromatic carbocycles. The van der Waals surface area contributed by atoms with E-state index in [0.717, 1.165) is 24.8 Å². The van der Waals surface area contributed by atoms with Crippen molar-refractivity contribution in [1.29, 1.82) is 0 Å². The molecule has 0 spiro atoms. The third-order valence-electron chi connectivity index (χ3n) is 3.72. The van der Waals surface area contributed by atoms with Crippen molar-refractivity contribution in [3.63, 3.8) is 0 Å². The van der Waals surface area contributed by atoms with Crippen LogP contribution in [0.25, 0.3) is 0 Å². The van der Waals surface area contributed by atoms with Crippen LogP contribution < -0.4 is 10.6 Å². The van der Waals surface area contributed by atoms with Crippen molar-refractivity contribution in [2.75, 3.05) is 6.54 Å². The van der Waals surface area contributed by atoms with Gasteiger partial charge >= 0.3 is 0 Å². The Morgan fingerprint density at radius 2 is 1.76 bits per heavy atom. The third kappa shape index (κ3) is 4.66. The summed E-state index contributed by atoms with van der Waals surface area (Å²) in [5, 5.41) is 6.61. The van der Waals surface area contributed by atoms with E-state index in [1.165, 1.54) is 25.7 Å². The SMILES string of the molecule is CC(C)NCCCC(=O)NC(C1CC1)C1CC1. The van der Waals surface area contributed by atoms with Crippen LogP contribution in [0.3, 0.4) is 0 Å². The average molecular weight is 238 g/mol. The molecule has 0 radical (unpaired) electrons. The second-order valence-electron chi connectivity index (χ2n) is 5.98. The number of hydrogen-bond acceptors (Lipinski definition) is 2. The van der Waals surface area contributed by atoms with Crippen LogP contribution in [-0.4, -0.2) is 24.5 Å². The van der Waals surface area contributed by atoms with Crippen molar-refractivity contribution in [2.45, 2.75) is 64.5 Å². The van der Waals surface area contributed by atoms with Crippen molar-refractivity contribution in [2.24, 2.45) is 11.8 Å². The molecule has 0 aromatic heterocycles. The predicted molar refractivity (Wildman–Crippen MR) is 69.8 cm³/mol. The van der Waals surface area contributed by atoms with Crippen LogP contribution >= 0.6 is 0 Å². The monoisotopic (exact) mass is 238 g/mol. The van der Waals surface area contributed by atoms with E-state index in [1.54, 1.807) is 0 Å². The zero-order valence-corrected chi connectivity index (χ0v) is 11.2. The maximum absolute atomic E-state index is 11.8. The highest BCUT2D eigenvalue weighted by Crippen LogP contribution is 2.44. The molecule has 0 saturated heterocycles. The molecule has 0 aliphatic heterocycles. The van der Waals surface area contributed by atoms with E-state index in [4.69, 9.17) is 0 Å². The summed E-state index contributed by atoms with van der Waals surface area (Å²) in [7, 11) is 0. The molecule has 0 atom stereocenters. The molecule has 2 aliphatic carbocycles. The van der Waals surface area contributed by atoms with Gasteiger partial charge in [0, 0.05) is 18.5 Å². The molecule has 2 fully saturated rings. The first-order chi connectivity index (χ1) is 8.16. The van der Waals surface area contributed by atoms with Crippen molar-refractivity contribution >= 4 is 5.91 Å². The number of rotatable bonds is 8. The molecule has 2 saturated carbocycles. The van der Waals surface area contributed by atoms with Gasteiger partial charge in [-0.15, -0.1) is 0 Å². The van der Waals surface area contributed by atoms with Crippen LogP contribution in [0.5, 0.6) is 0 Å². The summed E-state index contributed by atoms with van der Waals surface area (Å²) in [6.45, 7) is 5.22. The highest BCUT2D eigenvalue weighted by molar-refractivity contribution is 5.76. The molecule has 2 aliphatic rings. The minimum atomic E-state index is 0.263. The molecule has 2 rings (SSSR count). The van der Waals surface area contributed by atoms with Crippen LogP contribution in [-0.2, 0) is 4.79 Å². The first kappa shape index (κ1) is 12.9. The molecule has 0 bridgehead atoms. The fraction of sp³-hybridized carbons (Fsp3) is 0.929. The van der Waals surface area contributed by atoms with E-state index in [9.17, 15) is 4.79 Å². The molecule has 1 amide bonds. The summed E-state index contributed by atoms with van der Waals surface area (Å²) < 4.78 is 0. The fourth-order valence-corrected chi connectivity index (χ4v) is 2.43. The van der Waals surface area contributed by atoms with E-state index in [2.05, 4.69) is 24.5 Å². The topological polar surface area (TPSA) is 41.1 Å². The van der Waals surface area contributed by atoms with E-state index < -0.39 is 0 Å². The Balaban J connectivity index is 1.59. The van der Waals surface area contributed by atoms with Gasteiger partial charge in [-0.05, 0) is 50.5 Å². The molecule has 3 heteroatoms. The smallest absolute Gasteiger partial charge is 0.220 e. The normalized spacial score (nSPS) is 20.0. The number of nitrogens with one attached hydrogen (secondary N) is 2. The molecule has 3 nitrogen and oxygen atoms in total. The van der Waals surface area contributed by atoms with Gasteiger partial charge in [-0.3, -0.25) is 4.79 Å². The Labute approximate surface area is 105 Å². The van der Waals surface area contributed by atoms with Crippen LogP contribution in [0.15, 0.2) is 0 Å². The summed E-state index contributed by atoms with van der Waals surface area (Å²) in [4.78, 5) is 11.8. The summed E-state index contributed by atoms with van der Waals surface area (Å²) in [6.07, 6.45) is 6.95. The Morgan fingerprint density at radius 3 is 2.24 bits per heavy atom. The second-order valence-corrected chi connectivity index (χ2v) is 5.98. The van der Waals surface area contributed by atoms with Gasteiger partial charge in [0.05, 0.1) is 0 Å². The number of amides is 1. The van der Waals surface area contributed by atoms with Gasteiger partial charge in [0.1, 0.15) is 0 Å². The Kier molecular flexibility index (Phi) is 4.43. The highest BCUT2D eigenvalue weighted by Gasteiger charge is 2.41. The molecule has 0 unspecified atom stereocenters. The van der Waals surface area contributed by atoms with Crippen molar-refractivity contribution < 1.29 is 4.79 Å². The quantitative estimate of drug-likeness (QED) is 0.636. The number of carbonyl (C=O) groups excluding carboxylic acids is 1. The lowest BCUT2D eigenvalue weighted by atomic mass is 10.1. The van der Waals surface area contributed by atoms with E-state index in [1.807, 2.05) is 0 Å². The average Bonchev–Trinajstić information content (AvgIpc) is 3.15. The van der Waals surface area contributed by atoms with E-state index >= 15 is 0 Å². The largest absolute Gasteiger partial charge is 0.353 e. The summed E-state index contributed by atoms with van der Waals surface area (Å²) in [5.41, 5.74) is 0. The van der Waals surface area contributed by atoms with E-state index in [-0.39, 0.29) is 5.91 Å². The second kappa shape index (κ2) is 5.85. The van der Waals surface area contributed by atoms with Gasteiger partial charge in [0.2, 0.25) is 5.91 Å². The Hall–Kier alpha value is -0.570. The van der Waals surface area contributed by atoms with Gasteiger partial charge in [0.15, 0.2) is 0 Å². The van der Waals surface area contributed by atoms with Crippen molar-refractivity contribution in [3.8, 4) is 0 Å². The maximum Gasteiger partial charge on any atom is 0.220 e. The lowest BCUT2D eigenvalue weighted by Crippen LogP contribution is -2.38. The molecule has 17 heavy (non-hydrogen) atoms. The van der Waals surface area contributed by atoms with Gasteiger partial charge in [0.25, 0.3) is 0 Å². The minimum absolute atomic E-state index is 0.263. The molecular formula is C14H26N2O. The van der Waals surface area contributed by atoms with Gasteiger partial charge in [-0.2, -0.15) is 0 Å². The Morgan fingerprint density at radius 1 is 1.18 bits per heavy atom. The predicted octanol–water partition coefficient (Wildman–Crippen LogP) is 2.07. The first-order valence-corrected chi connectivity index (χ1v) is 7.19. The van der Waals surface area contributed by atoms with Gasteiger partial charge in [-0.25, -0.2) is 0 Å². The van der Waals surface area contributed by atoms with Crippen LogP contribution in [0, 0.1) is 11.8 Å². The van der Waals surface area contributed by atoms with Crippen LogP contribution in [0.1, 0.15) is 52.4 Å². The zero-order chi connectivity index (χ0) is 12.3. The Bertz CT molecular complexity index is 245. The summed E-state index contributed by atoms with van der Waals surface area (Å²) >= 11 is 0. The van der Waals surface area contributed by atoms with Crippen LogP contribution in [0.4, 0.5) is 0 Å².